The normalized spacial score (nSPS) is 14.5. The van der Waals surface area contributed by atoms with E-state index < -0.39 is 82.1 Å². The third kappa shape index (κ3) is 9.34. The summed E-state index contributed by atoms with van der Waals surface area (Å²) in [6.45, 7) is 0. The monoisotopic (exact) mass is 818 g/mol. The smallest absolute Gasteiger partial charge is 0.359 e. The van der Waals surface area contributed by atoms with Crippen molar-refractivity contribution < 1.29 is 84.2 Å². The summed E-state index contributed by atoms with van der Waals surface area (Å²) in [5.41, 5.74) is -2.87. The summed E-state index contributed by atoms with van der Waals surface area (Å²) in [5.74, 6) is -4.09. The average Bonchev–Trinajstić information content (AvgIpc) is 3.63. The highest BCUT2D eigenvalue weighted by atomic mass is 32.2. The number of ether oxygens (including phenoxy) is 2. The molecule has 53 heavy (non-hydrogen) atoms. The van der Waals surface area contributed by atoms with Crippen molar-refractivity contribution in [1.82, 2.24) is 9.78 Å². The number of amides is 1. The van der Waals surface area contributed by atoms with Crippen LogP contribution in [0.2, 0.25) is 0 Å². The molecule has 282 valence electrons. The Morgan fingerprint density at radius 1 is 0.811 bits per heavy atom. The molecule has 0 unspecified atom stereocenters. The molecule has 0 saturated carbocycles. The third-order valence-electron chi connectivity index (χ3n) is 6.47. The Kier molecular flexibility index (Phi) is 13.3. The van der Waals surface area contributed by atoms with Crippen LogP contribution in [-0.4, -0.2) is 89.1 Å². The zero-order valence-corrected chi connectivity index (χ0v) is 29.6. The Bertz CT molecular complexity index is 2280. The van der Waals surface area contributed by atoms with Crippen molar-refractivity contribution in [2.75, 3.05) is 19.2 Å². The van der Waals surface area contributed by atoms with Gasteiger partial charge >= 0.3 is 11.9 Å². The molecule has 5 N–H and O–H groups in total. The number of anilines is 1. The van der Waals surface area contributed by atoms with E-state index in [2.05, 4.69) is 33.7 Å². The molecule has 1 amide bonds. The van der Waals surface area contributed by atoms with Gasteiger partial charge in [0.15, 0.2) is 11.4 Å². The molecule has 0 saturated heterocycles. The Labute approximate surface area is 305 Å². The zero-order chi connectivity index (χ0) is 39.1. The Morgan fingerprint density at radius 3 is 1.89 bits per heavy atom. The minimum absolute atomic E-state index is 0.0514. The molecule has 1 aliphatic heterocycles. The lowest BCUT2D eigenvalue weighted by Crippen LogP contribution is -2.24. The van der Waals surface area contributed by atoms with Crippen LogP contribution in [0.5, 0.6) is 5.88 Å². The first-order chi connectivity index (χ1) is 25.1. The second kappa shape index (κ2) is 17.2. The van der Waals surface area contributed by atoms with Gasteiger partial charge in [0.05, 0.1) is 60.8 Å². The number of carbonyl (C=O) groups excluding carboxylic acids is 3. The average molecular weight is 819 g/mol. The second-order valence-corrected chi connectivity index (χ2v) is 13.9. The van der Waals surface area contributed by atoms with Crippen LogP contribution in [0.4, 0.5) is 5.69 Å². The number of rotatable bonds is 15. The fraction of sp³-hybridized carbons (Fsp3) is 0.0741. The SMILES string of the molecule is COC(=O)C1=NN(c2cc(SOOO)ccc2S(=O)(=O)O)C(=O)C1=CC=CC=Cc1c(C(=O)OC)nn(-c2cc(SOOO)ccc2S(=O)(=O)O)c1O. The van der Waals surface area contributed by atoms with Gasteiger partial charge in [-0.15, -0.1) is 8.67 Å². The number of methoxy groups -OCH3 is 2. The van der Waals surface area contributed by atoms with Gasteiger partial charge in [-0.3, -0.25) is 13.9 Å². The molecule has 0 bridgehead atoms. The van der Waals surface area contributed by atoms with Gasteiger partial charge < -0.3 is 14.6 Å². The molecule has 0 aliphatic carbocycles. The largest absolute Gasteiger partial charge is 0.493 e. The number of carbonyl (C=O) groups is 3. The summed E-state index contributed by atoms with van der Waals surface area (Å²) < 4.78 is 86.6. The molecule has 0 spiro atoms. The minimum atomic E-state index is -4.97. The van der Waals surface area contributed by atoms with Gasteiger partial charge in [0.25, 0.3) is 26.1 Å². The van der Waals surface area contributed by atoms with Gasteiger partial charge in [-0.2, -0.15) is 36.7 Å². The van der Waals surface area contributed by atoms with E-state index in [9.17, 15) is 45.4 Å². The molecule has 1 aromatic heterocycles. The zero-order valence-electron chi connectivity index (χ0n) is 26.3. The Morgan fingerprint density at radius 2 is 1.36 bits per heavy atom. The molecule has 3 aromatic rings. The number of hydrogen-bond acceptors (Lipinski definition) is 20. The minimum Gasteiger partial charge on any atom is -0.493 e. The lowest BCUT2D eigenvalue weighted by Gasteiger charge is -2.15. The van der Waals surface area contributed by atoms with Crippen molar-refractivity contribution in [2.24, 2.45) is 5.10 Å². The van der Waals surface area contributed by atoms with E-state index in [4.69, 9.17) is 15.3 Å². The van der Waals surface area contributed by atoms with Gasteiger partial charge in [0.1, 0.15) is 9.79 Å². The van der Waals surface area contributed by atoms with E-state index in [1.807, 2.05) is 0 Å². The molecular formula is C27H22N4O18S4. The molecule has 1 aliphatic rings. The number of esters is 2. The van der Waals surface area contributed by atoms with Gasteiger partial charge in [-0.25, -0.2) is 20.1 Å². The van der Waals surface area contributed by atoms with Crippen molar-refractivity contribution in [2.45, 2.75) is 19.6 Å². The molecule has 0 fully saturated rings. The van der Waals surface area contributed by atoms with Crippen LogP contribution in [0.1, 0.15) is 16.1 Å². The van der Waals surface area contributed by atoms with Crippen LogP contribution >= 0.6 is 24.1 Å². The summed E-state index contributed by atoms with van der Waals surface area (Å²) in [6, 6.07) is 6.15. The van der Waals surface area contributed by atoms with Gasteiger partial charge in [0.2, 0.25) is 5.88 Å². The fourth-order valence-corrected chi connectivity index (χ4v) is 6.39. The molecule has 2 aromatic carbocycles. The second-order valence-electron chi connectivity index (χ2n) is 9.53. The summed E-state index contributed by atoms with van der Waals surface area (Å²) in [7, 11) is -7.93. The molecule has 22 nitrogen and oxygen atoms in total. The summed E-state index contributed by atoms with van der Waals surface area (Å²) >= 11 is 0.785. The van der Waals surface area contributed by atoms with Gasteiger partial charge in [-0.1, -0.05) is 28.3 Å². The first kappa shape index (κ1) is 40.8. The Hall–Kier alpha value is -4.97. The van der Waals surface area contributed by atoms with Crippen molar-refractivity contribution in [1.29, 1.82) is 0 Å². The summed E-state index contributed by atoms with van der Waals surface area (Å²) in [4.78, 5) is 37.2. The van der Waals surface area contributed by atoms with Crippen molar-refractivity contribution in [3.05, 3.63) is 77.5 Å². The quantitative estimate of drug-likeness (QED) is 0.0280. The number of aromatic hydroxyl groups is 1. The van der Waals surface area contributed by atoms with Crippen LogP contribution in [0.15, 0.2) is 91.0 Å². The molecule has 0 atom stereocenters. The highest BCUT2D eigenvalue weighted by Crippen LogP contribution is 2.35. The lowest BCUT2D eigenvalue weighted by molar-refractivity contribution is -0.432. The first-order valence-electron chi connectivity index (χ1n) is 13.6. The maximum Gasteiger partial charge on any atom is 0.359 e. The predicted octanol–water partition coefficient (Wildman–Crippen LogP) is 2.79. The van der Waals surface area contributed by atoms with E-state index in [0.717, 1.165) is 62.8 Å². The van der Waals surface area contributed by atoms with Crippen molar-refractivity contribution in [3.8, 4) is 11.6 Å². The molecule has 4 rings (SSSR count). The van der Waals surface area contributed by atoms with Gasteiger partial charge in [0, 0.05) is 9.79 Å². The first-order valence-corrected chi connectivity index (χ1v) is 17.9. The van der Waals surface area contributed by atoms with E-state index in [1.54, 1.807) is 0 Å². The molecular weight excluding hydrogens is 797 g/mol. The van der Waals surface area contributed by atoms with Crippen LogP contribution in [0.3, 0.4) is 0 Å². The van der Waals surface area contributed by atoms with E-state index in [-0.39, 0.29) is 15.4 Å². The summed E-state index contributed by atoms with van der Waals surface area (Å²) in [5, 5.41) is 43.3. The highest BCUT2D eigenvalue weighted by Gasteiger charge is 2.38. The number of hydrogen-bond donors (Lipinski definition) is 5. The molecule has 0 radical (unpaired) electrons. The van der Waals surface area contributed by atoms with Gasteiger partial charge in [-0.05, 0) is 48.6 Å². The third-order valence-corrected chi connectivity index (χ3v) is 9.43. The van der Waals surface area contributed by atoms with E-state index in [1.165, 1.54) is 18.2 Å². The predicted molar refractivity (Wildman–Crippen MR) is 177 cm³/mol. The van der Waals surface area contributed by atoms with Crippen LogP contribution in [-0.2, 0) is 58.0 Å². The lowest BCUT2D eigenvalue weighted by atomic mass is 10.1. The maximum atomic E-state index is 13.5. The number of aromatic nitrogens is 2. The number of nitrogens with zero attached hydrogens (tertiary/aromatic N) is 4. The van der Waals surface area contributed by atoms with E-state index >= 15 is 0 Å². The van der Waals surface area contributed by atoms with Crippen molar-refractivity contribution >= 4 is 79.6 Å². The van der Waals surface area contributed by atoms with Crippen LogP contribution in [0, 0.1) is 0 Å². The standard InChI is InChI=1S/C27H22N4O18S4/c1-44-26(34)22-16(24(32)30(28-22)18-12-14(50-48-46-36)8-10-20(18)52(38,39)40)6-4-3-5-7-17-23(27(35)45-2)29-31(25(17)33)19-13-15(51-49-47-37)9-11-21(19)53(41,42)43/h3-13,32,36-37H,1-2H3,(H,38,39,40)(H,41,42,43). The maximum absolute atomic E-state index is 13.5. The topological polar surface area (TPSA) is 309 Å². The highest BCUT2D eigenvalue weighted by molar-refractivity contribution is 7.94. The van der Waals surface area contributed by atoms with Crippen LogP contribution < -0.4 is 5.01 Å². The molecule has 2 heterocycles. The molecule has 26 heteroatoms. The Balaban J connectivity index is 1.74. The summed E-state index contributed by atoms with van der Waals surface area (Å²) in [6.07, 6.45) is 5.82. The number of hydrazone groups is 1. The van der Waals surface area contributed by atoms with Crippen molar-refractivity contribution in [3.63, 3.8) is 0 Å². The fourth-order valence-electron chi connectivity index (χ4n) is 4.31. The van der Waals surface area contributed by atoms with Crippen LogP contribution in [0.25, 0.3) is 11.8 Å². The number of benzene rings is 2. The number of allylic oxidation sites excluding steroid dienone is 4. The van der Waals surface area contributed by atoms with E-state index in [0.29, 0.717) is 33.8 Å².